The normalized spacial score (nSPS) is 14.3. The maximum Gasteiger partial charge on any atom is 0.344 e. The van der Waals surface area contributed by atoms with Crippen LogP contribution in [0.15, 0.2) is 35.0 Å². The van der Waals surface area contributed by atoms with Gasteiger partial charge in [-0.15, -0.1) is 0 Å². The molecule has 1 aromatic carbocycles. The molecule has 0 aliphatic carbocycles. The summed E-state index contributed by atoms with van der Waals surface area (Å²) in [6.07, 6.45) is 0.665. The van der Waals surface area contributed by atoms with Gasteiger partial charge in [0.05, 0.1) is 16.8 Å². The zero-order valence-electron chi connectivity index (χ0n) is 10.8. The van der Waals surface area contributed by atoms with Crippen molar-refractivity contribution in [1.29, 1.82) is 0 Å². The van der Waals surface area contributed by atoms with Gasteiger partial charge in [0.2, 0.25) is 0 Å². The van der Waals surface area contributed by atoms with E-state index in [-0.39, 0.29) is 23.8 Å². The van der Waals surface area contributed by atoms with E-state index in [0.717, 1.165) is 0 Å². The van der Waals surface area contributed by atoms with Gasteiger partial charge in [0.1, 0.15) is 18.2 Å². The van der Waals surface area contributed by atoms with E-state index in [1.807, 2.05) is 0 Å². The molecule has 0 saturated heterocycles. The molecule has 1 aliphatic heterocycles. The van der Waals surface area contributed by atoms with Crippen LogP contribution in [0, 0.1) is 10.1 Å². The van der Waals surface area contributed by atoms with Crippen LogP contribution in [0.5, 0.6) is 5.75 Å². The van der Waals surface area contributed by atoms with E-state index in [0.29, 0.717) is 11.9 Å². The number of benzene rings is 1. The minimum atomic E-state index is -1.63. The number of carboxylic acids is 2. The van der Waals surface area contributed by atoms with Gasteiger partial charge in [0, 0.05) is 12.1 Å². The SMILES string of the molecule is O=C(O)C(=CN=C1COc2ccc([N+](=O)[O-])cc2N1)C(=O)O. The highest BCUT2D eigenvalue weighted by Gasteiger charge is 2.19. The molecule has 1 heterocycles. The molecule has 0 unspecified atom stereocenters. The molecule has 1 aromatic rings. The summed E-state index contributed by atoms with van der Waals surface area (Å²) >= 11 is 0. The fraction of sp³-hybridized carbons (Fsp3) is 0.0833. The summed E-state index contributed by atoms with van der Waals surface area (Å²) in [5, 5.41) is 30.8. The van der Waals surface area contributed by atoms with Gasteiger partial charge in [-0.2, -0.15) is 0 Å². The highest BCUT2D eigenvalue weighted by atomic mass is 16.6. The number of aliphatic carboxylic acids is 2. The first-order chi connectivity index (χ1) is 10.4. The molecule has 10 heteroatoms. The van der Waals surface area contributed by atoms with Crippen LogP contribution in [0.4, 0.5) is 11.4 Å². The molecule has 0 radical (unpaired) electrons. The van der Waals surface area contributed by atoms with Crippen molar-refractivity contribution in [1.82, 2.24) is 0 Å². The lowest BCUT2D eigenvalue weighted by molar-refractivity contribution is -0.384. The third-order valence-electron chi connectivity index (χ3n) is 2.63. The Morgan fingerprint density at radius 2 is 2.05 bits per heavy atom. The second-order valence-electron chi connectivity index (χ2n) is 4.08. The van der Waals surface area contributed by atoms with Crippen LogP contribution in [-0.4, -0.2) is 39.5 Å². The second kappa shape index (κ2) is 5.91. The molecule has 0 atom stereocenters. The summed E-state index contributed by atoms with van der Waals surface area (Å²) in [4.78, 5) is 35.2. The lowest BCUT2D eigenvalue weighted by atomic mass is 10.2. The average molecular weight is 307 g/mol. The molecule has 22 heavy (non-hydrogen) atoms. The number of nitro groups is 1. The molecule has 0 amide bonds. The summed E-state index contributed by atoms with van der Waals surface area (Å²) in [5.74, 6) is -2.78. The minimum Gasteiger partial charge on any atom is -0.483 e. The smallest absolute Gasteiger partial charge is 0.344 e. The van der Waals surface area contributed by atoms with Crippen molar-refractivity contribution in [3.63, 3.8) is 0 Å². The number of amidine groups is 1. The number of carboxylic acid groups (broad SMARTS) is 2. The number of rotatable bonds is 4. The van der Waals surface area contributed by atoms with Crippen LogP contribution in [-0.2, 0) is 9.59 Å². The van der Waals surface area contributed by atoms with Crippen molar-refractivity contribution in [2.45, 2.75) is 0 Å². The van der Waals surface area contributed by atoms with E-state index < -0.39 is 22.4 Å². The maximum atomic E-state index is 10.7. The van der Waals surface area contributed by atoms with E-state index >= 15 is 0 Å². The Hall–Kier alpha value is -3.43. The number of non-ortho nitro benzene ring substituents is 1. The monoisotopic (exact) mass is 307 g/mol. The van der Waals surface area contributed by atoms with E-state index in [9.17, 15) is 19.7 Å². The van der Waals surface area contributed by atoms with E-state index in [2.05, 4.69) is 10.3 Å². The van der Waals surface area contributed by atoms with Crippen LogP contribution < -0.4 is 10.1 Å². The average Bonchev–Trinajstić information content (AvgIpc) is 2.45. The Morgan fingerprint density at radius 1 is 1.36 bits per heavy atom. The fourth-order valence-corrected chi connectivity index (χ4v) is 1.61. The van der Waals surface area contributed by atoms with E-state index in [1.54, 1.807) is 0 Å². The number of nitro benzene ring substituents is 1. The predicted molar refractivity (Wildman–Crippen MR) is 73.0 cm³/mol. The molecule has 114 valence electrons. The molecule has 0 aromatic heterocycles. The Kier molecular flexibility index (Phi) is 4.02. The highest BCUT2D eigenvalue weighted by molar-refractivity contribution is 6.12. The van der Waals surface area contributed by atoms with Gasteiger partial charge in [0.25, 0.3) is 5.69 Å². The van der Waals surface area contributed by atoms with Gasteiger partial charge in [-0.25, -0.2) is 14.6 Å². The number of fused-ring (bicyclic) bond motifs is 1. The lowest BCUT2D eigenvalue weighted by Crippen LogP contribution is -2.26. The number of carbonyl (C=O) groups is 2. The molecule has 0 bridgehead atoms. The predicted octanol–water partition coefficient (Wildman–Crippen LogP) is 0.851. The molecule has 3 N–H and O–H groups in total. The number of aliphatic imine (C=N–C) groups is 1. The molecule has 1 aliphatic rings. The van der Waals surface area contributed by atoms with Crippen molar-refractivity contribution in [2.75, 3.05) is 11.9 Å². The molecule has 10 nitrogen and oxygen atoms in total. The third kappa shape index (κ3) is 3.17. The summed E-state index contributed by atoms with van der Waals surface area (Å²) in [7, 11) is 0. The zero-order valence-corrected chi connectivity index (χ0v) is 10.8. The van der Waals surface area contributed by atoms with Gasteiger partial charge in [-0.3, -0.25) is 10.1 Å². The number of nitrogens with one attached hydrogen (secondary N) is 1. The molecule has 2 rings (SSSR count). The summed E-state index contributed by atoms with van der Waals surface area (Å²) in [6, 6.07) is 3.91. The van der Waals surface area contributed by atoms with Crippen LogP contribution in [0.2, 0.25) is 0 Å². The second-order valence-corrected chi connectivity index (χ2v) is 4.08. The van der Waals surface area contributed by atoms with Gasteiger partial charge in [-0.1, -0.05) is 0 Å². The first kappa shape index (κ1) is 15.0. The Morgan fingerprint density at radius 3 is 2.64 bits per heavy atom. The quantitative estimate of drug-likeness (QED) is 0.243. The van der Waals surface area contributed by atoms with E-state index in [1.165, 1.54) is 18.2 Å². The Labute approximate surface area is 122 Å². The first-order valence-corrected chi connectivity index (χ1v) is 5.80. The highest BCUT2D eigenvalue weighted by Crippen LogP contribution is 2.31. The number of nitrogens with zero attached hydrogens (tertiary/aromatic N) is 2. The van der Waals surface area contributed by atoms with Crippen LogP contribution >= 0.6 is 0 Å². The lowest BCUT2D eigenvalue weighted by Gasteiger charge is -2.19. The van der Waals surface area contributed by atoms with Gasteiger partial charge < -0.3 is 20.3 Å². The number of ether oxygens (including phenoxy) is 1. The van der Waals surface area contributed by atoms with Crippen LogP contribution in [0.1, 0.15) is 0 Å². The number of hydrogen-bond donors (Lipinski definition) is 3. The van der Waals surface area contributed by atoms with Crippen LogP contribution in [0.3, 0.4) is 0 Å². The summed E-state index contributed by atoms with van der Waals surface area (Å²) in [5.41, 5.74) is -0.803. The van der Waals surface area contributed by atoms with Gasteiger partial charge in [-0.05, 0) is 6.07 Å². The maximum absolute atomic E-state index is 10.7. The summed E-state index contributed by atoms with van der Waals surface area (Å²) in [6.45, 7) is -0.0617. The number of hydrogen-bond acceptors (Lipinski definition) is 6. The molecule has 0 saturated carbocycles. The van der Waals surface area contributed by atoms with Crippen molar-refractivity contribution in [3.8, 4) is 5.75 Å². The Balaban J connectivity index is 2.27. The van der Waals surface area contributed by atoms with Crippen LogP contribution in [0.25, 0.3) is 0 Å². The van der Waals surface area contributed by atoms with Crippen molar-refractivity contribution in [2.24, 2.45) is 4.99 Å². The fourth-order valence-electron chi connectivity index (χ4n) is 1.61. The van der Waals surface area contributed by atoms with E-state index in [4.69, 9.17) is 14.9 Å². The van der Waals surface area contributed by atoms with Crippen molar-refractivity contribution >= 4 is 29.1 Å². The Bertz CT molecular complexity index is 707. The van der Waals surface area contributed by atoms with Gasteiger partial charge >= 0.3 is 11.9 Å². The first-order valence-electron chi connectivity index (χ1n) is 5.80. The topological polar surface area (TPSA) is 151 Å². The van der Waals surface area contributed by atoms with Crippen molar-refractivity contribution in [3.05, 3.63) is 40.1 Å². The largest absolute Gasteiger partial charge is 0.483 e. The van der Waals surface area contributed by atoms with Gasteiger partial charge in [0.15, 0.2) is 5.57 Å². The molecule has 0 spiro atoms. The molecular formula is C12H9N3O7. The van der Waals surface area contributed by atoms with Crippen molar-refractivity contribution < 1.29 is 29.5 Å². The zero-order chi connectivity index (χ0) is 16.3. The third-order valence-corrected chi connectivity index (χ3v) is 2.63. The minimum absolute atomic E-state index is 0.0617. The summed E-state index contributed by atoms with van der Waals surface area (Å²) < 4.78 is 5.28. The molecular weight excluding hydrogens is 298 g/mol. The molecule has 0 fully saturated rings. The standard InChI is InChI=1S/C12H9N3O7/c16-11(17)7(12(18)19)4-13-10-5-22-9-2-1-6(15(20)21)3-8(9)14-10/h1-4H,5H2,(H,13,14)(H,16,17)(H,18,19). The number of anilines is 1.